The topological polar surface area (TPSA) is 80.9 Å². The fraction of sp³-hybridized carbons (Fsp3) is 0.533. The van der Waals surface area contributed by atoms with Crippen LogP contribution < -0.4 is 9.47 Å². The van der Waals surface area contributed by atoms with E-state index >= 15 is 0 Å². The molecule has 0 fully saturated rings. The molecule has 1 N–H and O–H groups in total. The average Bonchev–Trinajstić information content (AvgIpc) is 2.50. The van der Waals surface area contributed by atoms with Crippen molar-refractivity contribution in [2.45, 2.75) is 19.1 Å². The zero-order valence-electron chi connectivity index (χ0n) is 12.5. The first kappa shape index (κ1) is 17.2. The van der Waals surface area contributed by atoms with Gasteiger partial charge in [0.1, 0.15) is 24.2 Å². The molecule has 6 nitrogen and oxygen atoms in total. The van der Waals surface area contributed by atoms with Gasteiger partial charge < -0.3 is 24.1 Å². The van der Waals surface area contributed by atoms with Crippen molar-refractivity contribution in [1.82, 2.24) is 0 Å². The third kappa shape index (κ3) is 6.45. The van der Waals surface area contributed by atoms with Gasteiger partial charge in [-0.15, -0.1) is 0 Å². The van der Waals surface area contributed by atoms with Gasteiger partial charge in [-0.25, -0.2) is 0 Å². The lowest BCUT2D eigenvalue weighted by molar-refractivity contribution is -0.0423. The van der Waals surface area contributed by atoms with Crippen LogP contribution in [0.25, 0.3) is 0 Å². The van der Waals surface area contributed by atoms with E-state index in [9.17, 15) is 5.11 Å². The Morgan fingerprint density at radius 2 is 1.86 bits per heavy atom. The quantitative estimate of drug-likeness (QED) is 0.741. The second kappa shape index (κ2) is 9.19. The first-order chi connectivity index (χ1) is 10.1. The highest BCUT2D eigenvalue weighted by Gasteiger charge is 2.10. The van der Waals surface area contributed by atoms with Crippen LogP contribution in [0.5, 0.6) is 11.5 Å². The molecule has 21 heavy (non-hydrogen) atoms. The summed E-state index contributed by atoms with van der Waals surface area (Å²) in [7, 11) is 3.11. The minimum absolute atomic E-state index is 0.0672. The van der Waals surface area contributed by atoms with Crippen LogP contribution in [0, 0.1) is 11.3 Å². The van der Waals surface area contributed by atoms with Gasteiger partial charge in [0.25, 0.3) is 0 Å². The number of methoxy groups -OCH3 is 2. The largest absolute Gasteiger partial charge is 0.497 e. The number of nitriles is 1. The highest BCUT2D eigenvalue weighted by Crippen LogP contribution is 2.22. The highest BCUT2D eigenvalue weighted by molar-refractivity contribution is 5.43. The van der Waals surface area contributed by atoms with Crippen LogP contribution in [0.2, 0.25) is 0 Å². The Morgan fingerprint density at radius 1 is 1.14 bits per heavy atom. The summed E-state index contributed by atoms with van der Waals surface area (Å²) in [6.07, 6.45) is -0.854. The summed E-state index contributed by atoms with van der Waals surface area (Å²) < 4.78 is 20.9. The molecule has 0 radical (unpaired) electrons. The summed E-state index contributed by atoms with van der Waals surface area (Å²) in [5, 5.41) is 18.7. The number of aliphatic hydroxyl groups is 1. The number of ether oxygens (including phenoxy) is 4. The van der Waals surface area contributed by atoms with Gasteiger partial charge in [-0.2, -0.15) is 5.26 Å². The molecule has 0 aliphatic rings. The third-order valence-electron chi connectivity index (χ3n) is 2.66. The van der Waals surface area contributed by atoms with Crippen molar-refractivity contribution < 1.29 is 24.1 Å². The first-order valence-corrected chi connectivity index (χ1v) is 6.59. The molecule has 0 amide bonds. The maximum absolute atomic E-state index is 9.79. The zero-order valence-corrected chi connectivity index (χ0v) is 12.5. The Balaban J connectivity index is 2.45. The van der Waals surface area contributed by atoms with Gasteiger partial charge in [0.15, 0.2) is 0 Å². The molecule has 0 aliphatic heterocycles. The summed E-state index contributed by atoms with van der Waals surface area (Å²) in [5.41, 5.74) is 0.434. The third-order valence-corrected chi connectivity index (χ3v) is 2.66. The first-order valence-electron chi connectivity index (χ1n) is 6.59. The van der Waals surface area contributed by atoms with Crippen LogP contribution in [0.15, 0.2) is 18.2 Å². The number of nitrogens with zero attached hydrogens (tertiary/aromatic N) is 1. The Morgan fingerprint density at radius 3 is 2.48 bits per heavy atom. The Hall–Kier alpha value is -1.81. The van der Waals surface area contributed by atoms with Gasteiger partial charge in [-0.1, -0.05) is 0 Å². The van der Waals surface area contributed by atoms with E-state index < -0.39 is 6.10 Å². The lowest BCUT2D eigenvalue weighted by Gasteiger charge is -2.16. The van der Waals surface area contributed by atoms with Crippen molar-refractivity contribution in [2.24, 2.45) is 0 Å². The summed E-state index contributed by atoms with van der Waals surface area (Å²) in [6, 6.07) is 6.87. The van der Waals surface area contributed by atoms with E-state index in [2.05, 4.69) is 0 Å². The lowest BCUT2D eigenvalue weighted by Crippen LogP contribution is -2.27. The smallest absolute Gasteiger partial charge is 0.124 e. The standard InChI is InChI=1S/C15H21NO5/c1-11(8-18-2)20-9-13(17)10-21-15-5-12(7-16)4-14(6-15)19-3/h4-6,11,13,17H,8-10H2,1-3H3. The van der Waals surface area contributed by atoms with E-state index in [4.69, 9.17) is 24.2 Å². The summed E-state index contributed by atoms with van der Waals surface area (Å²) >= 11 is 0. The fourth-order valence-corrected chi connectivity index (χ4v) is 1.64. The molecule has 0 bridgehead atoms. The van der Waals surface area contributed by atoms with Gasteiger partial charge in [0, 0.05) is 13.2 Å². The zero-order chi connectivity index (χ0) is 15.7. The van der Waals surface area contributed by atoms with Crippen molar-refractivity contribution in [3.63, 3.8) is 0 Å². The Labute approximate surface area is 124 Å². The van der Waals surface area contributed by atoms with Gasteiger partial charge in [-0.3, -0.25) is 0 Å². The molecule has 2 atom stereocenters. The van der Waals surface area contributed by atoms with Crippen LogP contribution in [0.1, 0.15) is 12.5 Å². The summed E-state index contributed by atoms with van der Waals surface area (Å²) in [4.78, 5) is 0. The predicted molar refractivity (Wildman–Crippen MR) is 76.5 cm³/mol. The maximum atomic E-state index is 9.79. The summed E-state index contributed by atoms with van der Waals surface area (Å²) in [5.74, 6) is 0.999. The van der Waals surface area contributed by atoms with E-state index in [0.717, 1.165) is 0 Å². The minimum atomic E-state index is -0.763. The SMILES string of the molecule is COCC(C)OCC(O)COc1cc(C#N)cc(OC)c1. The normalized spacial score (nSPS) is 13.3. The molecule has 0 aromatic heterocycles. The van der Waals surface area contributed by atoms with Crippen molar-refractivity contribution in [1.29, 1.82) is 5.26 Å². The van der Waals surface area contributed by atoms with Crippen LogP contribution in [-0.4, -0.2) is 51.4 Å². The molecule has 116 valence electrons. The van der Waals surface area contributed by atoms with Gasteiger partial charge >= 0.3 is 0 Å². The lowest BCUT2D eigenvalue weighted by atomic mass is 10.2. The van der Waals surface area contributed by atoms with Crippen LogP contribution in [0.3, 0.4) is 0 Å². The molecule has 1 aromatic carbocycles. The second-order valence-electron chi connectivity index (χ2n) is 4.57. The van der Waals surface area contributed by atoms with E-state index in [1.54, 1.807) is 25.3 Å². The molecule has 0 heterocycles. The van der Waals surface area contributed by atoms with Gasteiger partial charge in [0.2, 0.25) is 0 Å². The predicted octanol–water partition coefficient (Wildman–Crippen LogP) is 1.36. The van der Waals surface area contributed by atoms with Gasteiger partial charge in [-0.05, 0) is 19.1 Å². The number of hydrogen-bond donors (Lipinski definition) is 1. The molecule has 0 spiro atoms. The van der Waals surface area contributed by atoms with Crippen LogP contribution >= 0.6 is 0 Å². The molecular formula is C15H21NO5. The van der Waals surface area contributed by atoms with Crippen molar-refractivity contribution in [3.05, 3.63) is 23.8 Å². The van der Waals surface area contributed by atoms with Crippen LogP contribution in [-0.2, 0) is 9.47 Å². The molecule has 0 saturated carbocycles. The molecular weight excluding hydrogens is 274 g/mol. The molecule has 0 saturated heterocycles. The summed E-state index contributed by atoms with van der Waals surface area (Å²) in [6.45, 7) is 2.55. The molecule has 0 aliphatic carbocycles. The van der Waals surface area contributed by atoms with Crippen molar-refractivity contribution in [2.75, 3.05) is 34.0 Å². The van der Waals surface area contributed by atoms with E-state index in [0.29, 0.717) is 23.7 Å². The maximum Gasteiger partial charge on any atom is 0.124 e. The Kier molecular flexibility index (Phi) is 7.54. The molecule has 1 rings (SSSR count). The van der Waals surface area contributed by atoms with E-state index in [1.165, 1.54) is 7.11 Å². The van der Waals surface area contributed by atoms with E-state index in [-0.39, 0.29) is 19.3 Å². The number of benzene rings is 1. The Bertz CT molecular complexity index is 472. The highest BCUT2D eigenvalue weighted by atomic mass is 16.5. The monoisotopic (exact) mass is 295 g/mol. The molecule has 6 heteroatoms. The van der Waals surface area contributed by atoms with Crippen molar-refractivity contribution >= 4 is 0 Å². The van der Waals surface area contributed by atoms with Crippen LogP contribution in [0.4, 0.5) is 0 Å². The van der Waals surface area contributed by atoms with Gasteiger partial charge in [0.05, 0.1) is 38.1 Å². The number of aliphatic hydroxyl groups excluding tert-OH is 1. The fourth-order valence-electron chi connectivity index (χ4n) is 1.64. The van der Waals surface area contributed by atoms with Crippen molar-refractivity contribution in [3.8, 4) is 17.6 Å². The number of hydrogen-bond acceptors (Lipinski definition) is 6. The molecule has 1 aromatic rings. The molecule has 2 unspecified atom stereocenters. The second-order valence-corrected chi connectivity index (χ2v) is 4.57. The number of rotatable bonds is 9. The average molecular weight is 295 g/mol. The minimum Gasteiger partial charge on any atom is -0.497 e. The van der Waals surface area contributed by atoms with E-state index in [1.807, 2.05) is 13.0 Å².